The van der Waals surface area contributed by atoms with Gasteiger partial charge >= 0.3 is 0 Å². The van der Waals surface area contributed by atoms with Crippen LogP contribution in [0.1, 0.15) is 36.5 Å². The summed E-state index contributed by atoms with van der Waals surface area (Å²) in [7, 11) is 1.66. The maximum atomic E-state index is 12.5. The summed E-state index contributed by atoms with van der Waals surface area (Å²) in [5.74, 6) is 0.833. The second-order valence-electron chi connectivity index (χ2n) is 6.09. The number of hydrogen-bond acceptors (Lipinski definition) is 2. The first kappa shape index (κ1) is 17.0. The smallest absolute Gasteiger partial charge is 0.251 e. The average molecular weight is 333 g/mol. The van der Waals surface area contributed by atoms with E-state index in [1.807, 2.05) is 48.5 Å². The molecular weight excluding hydrogens is 310 g/mol. The van der Waals surface area contributed by atoms with Gasteiger partial charge in [0.1, 0.15) is 5.75 Å². The predicted octanol–water partition coefficient (Wildman–Crippen LogP) is 4.55. The van der Waals surface area contributed by atoms with E-state index in [0.717, 1.165) is 46.4 Å². The third-order valence-corrected chi connectivity index (χ3v) is 4.33. The molecule has 0 radical (unpaired) electrons. The molecule has 1 N–H and O–H groups in total. The SMILES string of the molecule is CCCCNC(=O)C1=C/C(=C\c2ccc(OC)cc2)c2ccccc21. The van der Waals surface area contributed by atoms with Crippen LogP contribution in [0.4, 0.5) is 0 Å². The topological polar surface area (TPSA) is 38.3 Å². The minimum atomic E-state index is -0.000897. The molecule has 128 valence electrons. The van der Waals surface area contributed by atoms with E-state index < -0.39 is 0 Å². The summed E-state index contributed by atoms with van der Waals surface area (Å²) in [6, 6.07) is 16.0. The Morgan fingerprint density at radius 1 is 1.08 bits per heavy atom. The van der Waals surface area contributed by atoms with Crippen LogP contribution in [0.25, 0.3) is 17.2 Å². The van der Waals surface area contributed by atoms with E-state index in [4.69, 9.17) is 4.74 Å². The highest BCUT2D eigenvalue weighted by molar-refractivity contribution is 6.26. The Morgan fingerprint density at radius 3 is 2.48 bits per heavy atom. The van der Waals surface area contributed by atoms with E-state index in [9.17, 15) is 4.79 Å². The molecule has 0 spiro atoms. The van der Waals surface area contributed by atoms with E-state index in [0.29, 0.717) is 6.54 Å². The molecule has 0 saturated heterocycles. The number of nitrogens with one attached hydrogen (secondary N) is 1. The van der Waals surface area contributed by atoms with Crippen LogP contribution < -0.4 is 10.1 Å². The fraction of sp³-hybridized carbons (Fsp3) is 0.227. The number of amides is 1. The summed E-state index contributed by atoms with van der Waals surface area (Å²) < 4.78 is 5.21. The first-order chi connectivity index (χ1) is 12.2. The number of ether oxygens (including phenoxy) is 1. The van der Waals surface area contributed by atoms with Crippen molar-refractivity contribution in [1.82, 2.24) is 5.32 Å². The third kappa shape index (κ3) is 3.82. The zero-order valence-electron chi connectivity index (χ0n) is 14.7. The van der Waals surface area contributed by atoms with Crippen molar-refractivity contribution in [2.75, 3.05) is 13.7 Å². The average Bonchev–Trinajstić information content (AvgIpc) is 3.01. The van der Waals surface area contributed by atoms with Crippen molar-refractivity contribution in [2.24, 2.45) is 0 Å². The minimum Gasteiger partial charge on any atom is -0.497 e. The van der Waals surface area contributed by atoms with Gasteiger partial charge in [0.2, 0.25) is 0 Å². The highest BCUT2D eigenvalue weighted by atomic mass is 16.5. The number of fused-ring (bicyclic) bond motifs is 1. The van der Waals surface area contributed by atoms with E-state index >= 15 is 0 Å². The molecule has 3 rings (SSSR count). The zero-order chi connectivity index (χ0) is 17.6. The van der Waals surface area contributed by atoms with Crippen LogP contribution in [0.15, 0.2) is 54.6 Å². The van der Waals surface area contributed by atoms with Gasteiger partial charge in [-0.15, -0.1) is 0 Å². The lowest BCUT2D eigenvalue weighted by Gasteiger charge is -2.06. The number of carbonyl (C=O) groups excluding carboxylic acids is 1. The van der Waals surface area contributed by atoms with Gasteiger partial charge in [-0.05, 0) is 53.0 Å². The molecule has 2 aromatic carbocycles. The number of unbranched alkanes of at least 4 members (excludes halogenated alkanes) is 1. The van der Waals surface area contributed by atoms with Gasteiger partial charge in [-0.3, -0.25) is 4.79 Å². The molecule has 1 aliphatic carbocycles. The largest absolute Gasteiger partial charge is 0.497 e. The number of carbonyl (C=O) groups is 1. The van der Waals surface area contributed by atoms with Gasteiger partial charge in [0.25, 0.3) is 5.91 Å². The first-order valence-electron chi connectivity index (χ1n) is 8.68. The van der Waals surface area contributed by atoms with Gasteiger partial charge in [-0.25, -0.2) is 0 Å². The molecule has 0 unspecified atom stereocenters. The van der Waals surface area contributed by atoms with Gasteiger partial charge in [-0.2, -0.15) is 0 Å². The van der Waals surface area contributed by atoms with Crippen LogP contribution in [0.5, 0.6) is 5.75 Å². The number of benzene rings is 2. The monoisotopic (exact) mass is 333 g/mol. The quantitative estimate of drug-likeness (QED) is 0.788. The normalized spacial score (nSPS) is 14.2. The van der Waals surface area contributed by atoms with Crippen LogP contribution in [0, 0.1) is 0 Å². The van der Waals surface area contributed by atoms with Gasteiger partial charge < -0.3 is 10.1 Å². The molecular formula is C22H23NO2. The van der Waals surface area contributed by atoms with Crippen molar-refractivity contribution in [3.63, 3.8) is 0 Å². The van der Waals surface area contributed by atoms with Gasteiger partial charge in [-0.1, -0.05) is 49.7 Å². The van der Waals surface area contributed by atoms with Crippen LogP contribution in [0.2, 0.25) is 0 Å². The standard InChI is InChI=1S/C22H23NO2/c1-3-4-13-23-22(24)21-15-17(19-7-5-6-8-20(19)21)14-16-9-11-18(25-2)12-10-16/h5-12,14-15H,3-4,13H2,1-2H3,(H,23,24)/b17-14+. The lowest BCUT2D eigenvalue weighted by Crippen LogP contribution is -2.24. The fourth-order valence-corrected chi connectivity index (χ4v) is 2.94. The van der Waals surface area contributed by atoms with Gasteiger partial charge in [0.05, 0.1) is 7.11 Å². The highest BCUT2D eigenvalue weighted by Gasteiger charge is 2.22. The van der Waals surface area contributed by atoms with E-state index in [1.54, 1.807) is 7.11 Å². The van der Waals surface area contributed by atoms with Crippen molar-refractivity contribution < 1.29 is 9.53 Å². The number of allylic oxidation sites excluding steroid dienone is 2. The Balaban J connectivity index is 1.91. The Hall–Kier alpha value is -2.81. The molecule has 0 bridgehead atoms. The number of methoxy groups -OCH3 is 1. The Kier molecular flexibility index (Phi) is 5.34. The lowest BCUT2D eigenvalue weighted by atomic mass is 10.0. The lowest BCUT2D eigenvalue weighted by molar-refractivity contribution is -0.115. The van der Waals surface area contributed by atoms with Crippen molar-refractivity contribution in [3.05, 3.63) is 71.3 Å². The minimum absolute atomic E-state index is 0.000897. The van der Waals surface area contributed by atoms with Crippen LogP contribution in [0.3, 0.4) is 0 Å². The van der Waals surface area contributed by atoms with E-state index in [2.05, 4.69) is 24.4 Å². The molecule has 2 aromatic rings. The molecule has 0 atom stereocenters. The van der Waals surface area contributed by atoms with Crippen LogP contribution in [-0.4, -0.2) is 19.6 Å². The molecule has 0 saturated carbocycles. The molecule has 3 nitrogen and oxygen atoms in total. The van der Waals surface area contributed by atoms with Crippen molar-refractivity contribution in [3.8, 4) is 5.75 Å². The molecule has 0 aromatic heterocycles. The molecule has 0 fully saturated rings. The third-order valence-electron chi connectivity index (χ3n) is 4.33. The molecule has 1 aliphatic rings. The first-order valence-corrected chi connectivity index (χ1v) is 8.68. The summed E-state index contributed by atoms with van der Waals surface area (Å²) in [6.07, 6.45) is 6.15. The van der Waals surface area contributed by atoms with E-state index in [-0.39, 0.29) is 5.91 Å². The van der Waals surface area contributed by atoms with Crippen molar-refractivity contribution in [1.29, 1.82) is 0 Å². The zero-order valence-corrected chi connectivity index (χ0v) is 14.7. The molecule has 25 heavy (non-hydrogen) atoms. The van der Waals surface area contributed by atoms with Crippen LogP contribution >= 0.6 is 0 Å². The Morgan fingerprint density at radius 2 is 1.80 bits per heavy atom. The predicted molar refractivity (Wildman–Crippen MR) is 103 cm³/mol. The van der Waals surface area contributed by atoms with E-state index in [1.165, 1.54) is 0 Å². The van der Waals surface area contributed by atoms with Crippen LogP contribution in [-0.2, 0) is 4.79 Å². The Bertz CT molecular complexity index is 816. The molecule has 0 aliphatic heterocycles. The maximum Gasteiger partial charge on any atom is 0.251 e. The summed E-state index contributed by atoms with van der Waals surface area (Å²) in [4.78, 5) is 12.5. The maximum absolute atomic E-state index is 12.5. The molecule has 0 heterocycles. The summed E-state index contributed by atoms with van der Waals surface area (Å²) in [6.45, 7) is 2.83. The molecule has 3 heteroatoms. The molecule has 1 amide bonds. The van der Waals surface area contributed by atoms with Crippen molar-refractivity contribution in [2.45, 2.75) is 19.8 Å². The summed E-state index contributed by atoms with van der Waals surface area (Å²) in [5.41, 5.74) is 4.97. The fourth-order valence-electron chi connectivity index (χ4n) is 2.94. The van der Waals surface area contributed by atoms with Gasteiger partial charge in [0, 0.05) is 12.1 Å². The van der Waals surface area contributed by atoms with Crippen molar-refractivity contribution >= 4 is 23.1 Å². The number of rotatable bonds is 6. The Labute approximate surface area is 149 Å². The summed E-state index contributed by atoms with van der Waals surface area (Å²) >= 11 is 0. The second kappa shape index (κ2) is 7.84. The summed E-state index contributed by atoms with van der Waals surface area (Å²) in [5, 5.41) is 3.01. The van der Waals surface area contributed by atoms with Gasteiger partial charge in [0.15, 0.2) is 0 Å². The highest BCUT2D eigenvalue weighted by Crippen LogP contribution is 2.36. The number of hydrogen-bond donors (Lipinski definition) is 1. The second-order valence-corrected chi connectivity index (χ2v) is 6.09.